The molecule has 1 rings (SSSR count). The summed E-state index contributed by atoms with van der Waals surface area (Å²) in [5, 5.41) is 8.76. The van der Waals surface area contributed by atoms with Crippen molar-refractivity contribution in [2.45, 2.75) is 20.3 Å². The Morgan fingerprint density at radius 3 is 2.44 bits per heavy atom. The maximum absolute atomic E-state index is 8.76. The van der Waals surface area contributed by atoms with E-state index in [1.807, 2.05) is 24.3 Å². The lowest BCUT2D eigenvalue weighted by Crippen LogP contribution is -1.92. The van der Waals surface area contributed by atoms with Gasteiger partial charge in [0.05, 0.1) is 13.2 Å². The lowest BCUT2D eigenvalue weighted by molar-refractivity contribution is 0.415. The SMILES string of the molecule is COc1ccc(/C(=C\C#N)CC(C)C)cc1. The van der Waals surface area contributed by atoms with Gasteiger partial charge in [-0.15, -0.1) is 0 Å². The summed E-state index contributed by atoms with van der Waals surface area (Å²) in [6.07, 6.45) is 2.54. The Balaban J connectivity index is 2.94. The molecule has 0 aliphatic carbocycles. The van der Waals surface area contributed by atoms with E-state index in [2.05, 4.69) is 19.9 Å². The third-order valence-electron chi connectivity index (χ3n) is 2.33. The van der Waals surface area contributed by atoms with Crippen molar-refractivity contribution in [2.24, 2.45) is 5.92 Å². The summed E-state index contributed by atoms with van der Waals surface area (Å²) < 4.78 is 5.11. The number of ether oxygens (including phenoxy) is 1. The van der Waals surface area contributed by atoms with E-state index in [4.69, 9.17) is 10.00 Å². The molecule has 0 saturated carbocycles. The number of benzene rings is 1. The van der Waals surface area contributed by atoms with Crippen LogP contribution in [0.5, 0.6) is 5.75 Å². The molecule has 1 aromatic carbocycles. The van der Waals surface area contributed by atoms with Gasteiger partial charge in [0.25, 0.3) is 0 Å². The molecular formula is C14H17NO. The van der Waals surface area contributed by atoms with E-state index in [1.165, 1.54) is 0 Å². The van der Waals surface area contributed by atoms with Crippen LogP contribution in [0, 0.1) is 17.2 Å². The van der Waals surface area contributed by atoms with E-state index >= 15 is 0 Å². The Labute approximate surface area is 97.2 Å². The van der Waals surface area contributed by atoms with Crippen molar-refractivity contribution in [3.8, 4) is 11.8 Å². The van der Waals surface area contributed by atoms with Gasteiger partial charge in [0.15, 0.2) is 0 Å². The van der Waals surface area contributed by atoms with Crippen LogP contribution in [-0.4, -0.2) is 7.11 Å². The van der Waals surface area contributed by atoms with Crippen LogP contribution in [-0.2, 0) is 0 Å². The van der Waals surface area contributed by atoms with Crippen LogP contribution in [0.15, 0.2) is 30.3 Å². The monoisotopic (exact) mass is 215 g/mol. The van der Waals surface area contributed by atoms with Crippen LogP contribution in [0.2, 0.25) is 0 Å². The minimum Gasteiger partial charge on any atom is -0.497 e. The third kappa shape index (κ3) is 3.43. The molecule has 16 heavy (non-hydrogen) atoms. The molecule has 0 N–H and O–H groups in total. The first-order valence-corrected chi connectivity index (χ1v) is 5.40. The molecular weight excluding hydrogens is 198 g/mol. The molecule has 0 bridgehead atoms. The average molecular weight is 215 g/mol. The zero-order chi connectivity index (χ0) is 12.0. The Bertz CT molecular complexity index is 396. The Morgan fingerprint density at radius 2 is 2.00 bits per heavy atom. The molecule has 0 aliphatic rings. The van der Waals surface area contributed by atoms with E-state index in [-0.39, 0.29) is 0 Å². The highest BCUT2D eigenvalue weighted by Gasteiger charge is 2.04. The van der Waals surface area contributed by atoms with Gasteiger partial charge in [-0.3, -0.25) is 0 Å². The maximum atomic E-state index is 8.76. The van der Waals surface area contributed by atoms with Crippen molar-refractivity contribution in [2.75, 3.05) is 7.11 Å². The van der Waals surface area contributed by atoms with Gasteiger partial charge < -0.3 is 4.74 Å². The fourth-order valence-electron chi connectivity index (χ4n) is 1.58. The lowest BCUT2D eigenvalue weighted by atomic mass is 9.96. The standard InChI is InChI=1S/C14H17NO/c1-11(2)10-13(8-9-15)12-4-6-14(16-3)7-5-12/h4-8,11H,10H2,1-3H3/b13-8-. The molecule has 0 heterocycles. The fourth-order valence-corrected chi connectivity index (χ4v) is 1.58. The highest BCUT2D eigenvalue weighted by atomic mass is 16.5. The Hall–Kier alpha value is -1.75. The summed E-state index contributed by atoms with van der Waals surface area (Å²) in [7, 11) is 1.65. The highest BCUT2D eigenvalue weighted by Crippen LogP contribution is 2.24. The fraction of sp³-hybridized carbons (Fsp3) is 0.357. The zero-order valence-electron chi connectivity index (χ0n) is 10.0. The van der Waals surface area contributed by atoms with E-state index in [1.54, 1.807) is 13.2 Å². The predicted octanol–water partition coefficient (Wildman–Crippen LogP) is 3.65. The first-order valence-electron chi connectivity index (χ1n) is 5.40. The number of nitrogens with zero attached hydrogens (tertiary/aromatic N) is 1. The topological polar surface area (TPSA) is 33.0 Å². The van der Waals surface area contributed by atoms with Gasteiger partial charge in [0.1, 0.15) is 5.75 Å². The molecule has 84 valence electrons. The largest absolute Gasteiger partial charge is 0.497 e. The van der Waals surface area contributed by atoms with E-state index in [0.29, 0.717) is 5.92 Å². The van der Waals surface area contributed by atoms with Crippen LogP contribution < -0.4 is 4.74 Å². The van der Waals surface area contributed by atoms with E-state index in [9.17, 15) is 0 Å². The molecule has 0 saturated heterocycles. The molecule has 0 fully saturated rings. The van der Waals surface area contributed by atoms with Crippen molar-refractivity contribution < 1.29 is 4.74 Å². The molecule has 0 radical (unpaired) electrons. The second-order valence-corrected chi connectivity index (χ2v) is 4.13. The molecule has 1 aromatic rings. The summed E-state index contributed by atoms with van der Waals surface area (Å²) in [6.45, 7) is 4.30. The normalized spacial score (nSPS) is 11.3. The molecule has 0 spiro atoms. The van der Waals surface area contributed by atoms with Crippen LogP contribution >= 0.6 is 0 Å². The zero-order valence-corrected chi connectivity index (χ0v) is 10.0. The van der Waals surface area contributed by atoms with Crippen LogP contribution in [0.3, 0.4) is 0 Å². The van der Waals surface area contributed by atoms with Gasteiger partial charge in [-0.05, 0) is 35.6 Å². The van der Waals surface area contributed by atoms with E-state index in [0.717, 1.165) is 23.3 Å². The van der Waals surface area contributed by atoms with Crippen LogP contribution in [0.4, 0.5) is 0 Å². The number of hydrogen-bond acceptors (Lipinski definition) is 2. The lowest BCUT2D eigenvalue weighted by Gasteiger charge is -2.09. The first kappa shape index (κ1) is 12.3. The van der Waals surface area contributed by atoms with Gasteiger partial charge in [0.2, 0.25) is 0 Å². The number of rotatable bonds is 4. The van der Waals surface area contributed by atoms with Crippen LogP contribution in [0.1, 0.15) is 25.8 Å². The second kappa shape index (κ2) is 5.97. The molecule has 0 aromatic heterocycles. The van der Waals surface area contributed by atoms with Crippen molar-refractivity contribution >= 4 is 5.57 Å². The van der Waals surface area contributed by atoms with Gasteiger partial charge in [-0.25, -0.2) is 0 Å². The average Bonchev–Trinajstić information content (AvgIpc) is 2.28. The molecule has 0 atom stereocenters. The third-order valence-corrected chi connectivity index (χ3v) is 2.33. The summed E-state index contributed by atoms with van der Waals surface area (Å²) >= 11 is 0. The quantitative estimate of drug-likeness (QED) is 0.718. The molecule has 2 nitrogen and oxygen atoms in total. The highest BCUT2D eigenvalue weighted by molar-refractivity contribution is 5.68. The second-order valence-electron chi connectivity index (χ2n) is 4.13. The van der Waals surface area contributed by atoms with Crippen molar-refractivity contribution in [3.05, 3.63) is 35.9 Å². The smallest absolute Gasteiger partial charge is 0.118 e. The van der Waals surface area contributed by atoms with Crippen molar-refractivity contribution in [3.63, 3.8) is 0 Å². The summed E-state index contributed by atoms with van der Waals surface area (Å²) in [6, 6.07) is 9.92. The summed E-state index contributed by atoms with van der Waals surface area (Å²) in [5.74, 6) is 1.38. The Morgan fingerprint density at radius 1 is 1.38 bits per heavy atom. The van der Waals surface area contributed by atoms with E-state index < -0.39 is 0 Å². The first-order chi connectivity index (χ1) is 7.67. The maximum Gasteiger partial charge on any atom is 0.118 e. The number of allylic oxidation sites excluding steroid dienone is 2. The minimum absolute atomic E-state index is 0.543. The van der Waals surface area contributed by atoms with Crippen molar-refractivity contribution in [1.29, 1.82) is 5.26 Å². The predicted molar refractivity (Wildman–Crippen MR) is 66.0 cm³/mol. The number of hydrogen-bond donors (Lipinski definition) is 0. The molecule has 2 heteroatoms. The van der Waals surface area contributed by atoms with Gasteiger partial charge in [-0.2, -0.15) is 5.26 Å². The van der Waals surface area contributed by atoms with Gasteiger partial charge in [-0.1, -0.05) is 26.0 Å². The van der Waals surface area contributed by atoms with Crippen LogP contribution in [0.25, 0.3) is 5.57 Å². The molecule has 0 unspecified atom stereocenters. The number of nitriles is 1. The molecule has 0 amide bonds. The van der Waals surface area contributed by atoms with Gasteiger partial charge in [0, 0.05) is 6.08 Å². The summed E-state index contributed by atoms with van der Waals surface area (Å²) in [4.78, 5) is 0. The molecule has 0 aliphatic heterocycles. The summed E-state index contributed by atoms with van der Waals surface area (Å²) in [5.41, 5.74) is 2.18. The van der Waals surface area contributed by atoms with Gasteiger partial charge >= 0.3 is 0 Å². The number of methoxy groups -OCH3 is 1. The minimum atomic E-state index is 0.543. The van der Waals surface area contributed by atoms with Crippen molar-refractivity contribution in [1.82, 2.24) is 0 Å². The Kier molecular flexibility index (Phi) is 4.60.